The average molecular weight is 434 g/mol. The molecule has 4 rings (SSSR count). The minimum Gasteiger partial charge on any atom is -0.459 e. The van der Waals surface area contributed by atoms with Crippen LogP contribution in [-0.4, -0.2) is 45.3 Å². The number of nitrogens with zero attached hydrogens (tertiary/aromatic N) is 3. The van der Waals surface area contributed by atoms with E-state index in [1.165, 1.54) is 11.8 Å². The minimum absolute atomic E-state index is 0.00373. The van der Waals surface area contributed by atoms with Gasteiger partial charge in [0, 0.05) is 31.0 Å². The van der Waals surface area contributed by atoms with Gasteiger partial charge in [0.15, 0.2) is 5.76 Å². The number of hydrogen-bond donors (Lipinski definition) is 0. The van der Waals surface area contributed by atoms with Gasteiger partial charge in [-0.2, -0.15) is 0 Å². The van der Waals surface area contributed by atoms with Crippen LogP contribution < -0.4 is 0 Å². The van der Waals surface area contributed by atoms with Gasteiger partial charge in [-0.15, -0.1) is 0 Å². The third-order valence-electron chi connectivity index (χ3n) is 5.89. The highest BCUT2D eigenvalue weighted by molar-refractivity contribution is 5.94. The van der Waals surface area contributed by atoms with Crippen molar-refractivity contribution in [2.75, 3.05) is 13.1 Å². The molecule has 0 atom stereocenters. The Morgan fingerprint density at radius 3 is 2.56 bits per heavy atom. The van der Waals surface area contributed by atoms with E-state index in [2.05, 4.69) is 35.9 Å². The van der Waals surface area contributed by atoms with E-state index in [-0.39, 0.29) is 30.2 Å². The van der Waals surface area contributed by atoms with Crippen LogP contribution in [0.25, 0.3) is 0 Å². The van der Waals surface area contributed by atoms with Gasteiger partial charge in [-0.3, -0.25) is 9.59 Å². The van der Waals surface area contributed by atoms with Gasteiger partial charge in [0.05, 0.1) is 12.8 Å². The second kappa shape index (κ2) is 10.4. The number of amides is 2. The predicted octanol–water partition coefficient (Wildman–Crippen LogP) is 4.56. The summed E-state index contributed by atoms with van der Waals surface area (Å²) >= 11 is 0. The normalized spacial score (nSPS) is 13.2. The number of unbranched alkanes of at least 4 members (excludes halogenated alkanes) is 1. The molecule has 0 aliphatic heterocycles. The van der Waals surface area contributed by atoms with E-state index in [0.29, 0.717) is 13.1 Å². The highest BCUT2D eigenvalue weighted by Gasteiger charge is 2.34. The molecule has 2 aromatic heterocycles. The highest BCUT2D eigenvalue weighted by atomic mass is 16.3. The Morgan fingerprint density at radius 2 is 1.88 bits per heavy atom. The van der Waals surface area contributed by atoms with Crippen molar-refractivity contribution in [2.45, 2.75) is 51.7 Å². The Bertz CT molecular complexity index is 1010. The lowest BCUT2D eigenvalue weighted by Crippen LogP contribution is -2.44. The van der Waals surface area contributed by atoms with Crippen molar-refractivity contribution < 1.29 is 14.0 Å². The number of furan rings is 1. The van der Waals surface area contributed by atoms with E-state index < -0.39 is 0 Å². The molecule has 0 spiro atoms. The first kappa shape index (κ1) is 21.9. The fourth-order valence-corrected chi connectivity index (χ4v) is 3.92. The first-order valence-electron chi connectivity index (χ1n) is 11.5. The van der Waals surface area contributed by atoms with Crippen LogP contribution in [0.3, 0.4) is 0 Å². The second-order valence-corrected chi connectivity index (χ2v) is 8.42. The quantitative estimate of drug-likeness (QED) is 0.445. The Kier molecular flexibility index (Phi) is 7.10. The van der Waals surface area contributed by atoms with E-state index in [4.69, 9.17) is 4.42 Å². The summed E-state index contributed by atoms with van der Waals surface area (Å²) in [6.07, 6.45) is 7.40. The maximum atomic E-state index is 13.4. The fraction of sp³-hybridized carbons (Fsp3) is 0.385. The molecule has 1 aromatic carbocycles. The summed E-state index contributed by atoms with van der Waals surface area (Å²) in [5.74, 6) is 0.0552. The van der Waals surface area contributed by atoms with Gasteiger partial charge < -0.3 is 18.8 Å². The molecule has 168 valence electrons. The van der Waals surface area contributed by atoms with Gasteiger partial charge in [-0.05, 0) is 49.1 Å². The zero-order valence-corrected chi connectivity index (χ0v) is 18.7. The molecule has 0 bridgehead atoms. The van der Waals surface area contributed by atoms with Gasteiger partial charge in [0.2, 0.25) is 5.91 Å². The van der Waals surface area contributed by atoms with E-state index in [9.17, 15) is 9.59 Å². The van der Waals surface area contributed by atoms with Gasteiger partial charge in [0.25, 0.3) is 5.91 Å². The molecule has 0 radical (unpaired) electrons. The van der Waals surface area contributed by atoms with Crippen molar-refractivity contribution in [2.24, 2.45) is 0 Å². The molecular formula is C26H31N3O3. The summed E-state index contributed by atoms with van der Waals surface area (Å²) < 4.78 is 7.49. The molecule has 0 saturated heterocycles. The Hall–Kier alpha value is -3.28. The molecule has 0 unspecified atom stereocenters. The summed E-state index contributed by atoms with van der Waals surface area (Å²) in [4.78, 5) is 29.8. The van der Waals surface area contributed by atoms with E-state index in [0.717, 1.165) is 37.9 Å². The fourth-order valence-electron chi connectivity index (χ4n) is 3.92. The van der Waals surface area contributed by atoms with E-state index in [1.54, 1.807) is 17.0 Å². The Labute approximate surface area is 189 Å². The van der Waals surface area contributed by atoms with Crippen LogP contribution in [0.4, 0.5) is 0 Å². The summed E-state index contributed by atoms with van der Waals surface area (Å²) in [6.45, 7) is 4.03. The molecular weight excluding hydrogens is 402 g/mol. The molecule has 6 nitrogen and oxygen atoms in total. The van der Waals surface area contributed by atoms with Crippen LogP contribution in [0.5, 0.6) is 0 Å². The van der Waals surface area contributed by atoms with Gasteiger partial charge in [0.1, 0.15) is 6.54 Å². The smallest absolute Gasteiger partial charge is 0.290 e. The second-order valence-electron chi connectivity index (χ2n) is 8.42. The van der Waals surface area contributed by atoms with Crippen LogP contribution in [0.1, 0.15) is 54.4 Å². The lowest BCUT2D eigenvalue weighted by atomic mass is 10.2. The van der Waals surface area contributed by atoms with E-state index in [1.807, 2.05) is 29.2 Å². The third-order valence-corrected chi connectivity index (χ3v) is 5.89. The van der Waals surface area contributed by atoms with Crippen LogP contribution in [-0.2, 0) is 17.9 Å². The molecule has 3 aromatic rings. The molecule has 0 N–H and O–H groups in total. The molecule has 1 saturated carbocycles. The number of benzene rings is 1. The summed E-state index contributed by atoms with van der Waals surface area (Å²) in [6, 6.07) is 18.0. The van der Waals surface area contributed by atoms with Crippen LogP contribution in [0, 0.1) is 0 Å². The van der Waals surface area contributed by atoms with Crippen LogP contribution in [0.2, 0.25) is 0 Å². The predicted molar refractivity (Wildman–Crippen MR) is 123 cm³/mol. The SMILES string of the molecule is CCCCN(CC(=O)N(Cc1cccn1Cc1ccccc1)C1CC1)C(=O)c1ccco1. The first-order valence-corrected chi connectivity index (χ1v) is 11.5. The van der Waals surface area contributed by atoms with Crippen molar-refractivity contribution in [3.63, 3.8) is 0 Å². The maximum Gasteiger partial charge on any atom is 0.290 e. The molecule has 1 aliphatic rings. The molecule has 2 heterocycles. The highest BCUT2D eigenvalue weighted by Crippen LogP contribution is 2.29. The molecule has 2 amide bonds. The summed E-state index contributed by atoms with van der Waals surface area (Å²) in [5.41, 5.74) is 2.33. The maximum absolute atomic E-state index is 13.4. The lowest BCUT2D eigenvalue weighted by molar-refractivity contribution is -0.133. The van der Waals surface area contributed by atoms with Gasteiger partial charge in [-0.1, -0.05) is 43.7 Å². The standard InChI is InChI=1S/C26H31N3O3/c1-2-3-15-28(26(31)24-12-8-17-32-24)20-25(30)29(22-13-14-22)19-23-11-7-16-27(23)18-21-9-5-4-6-10-21/h4-12,16-17,22H,2-3,13-15,18-20H2,1H3. The number of hydrogen-bond acceptors (Lipinski definition) is 3. The van der Waals surface area contributed by atoms with Crippen LogP contribution >= 0.6 is 0 Å². The lowest BCUT2D eigenvalue weighted by Gasteiger charge is -2.28. The van der Waals surface area contributed by atoms with Crippen molar-refractivity contribution in [3.05, 3.63) is 84.1 Å². The largest absolute Gasteiger partial charge is 0.459 e. The van der Waals surface area contributed by atoms with E-state index >= 15 is 0 Å². The zero-order valence-electron chi connectivity index (χ0n) is 18.7. The zero-order chi connectivity index (χ0) is 22.3. The minimum atomic E-state index is -0.222. The molecule has 32 heavy (non-hydrogen) atoms. The van der Waals surface area contributed by atoms with Crippen molar-refractivity contribution in [3.8, 4) is 0 Å². The molecule has 6 heteroatoms. The topological polar surface area (TPSA) is 58.7 Å². The summed E-state index contributed by atoms with van der Waals surface area (Å²) in [5, 5.41) is 0. The molecule has 1 aliphatic carbocycles. The summed E-state index contributed by atoms with van der Waals surface area (Å²) in [7, 11) is 0. The molecule has 1 fully saturated rings. The van der Waals surface area contributed by atoms with Gasteiger partial charge >= 0.3 is 0 Å². The van der Waals surface area contributed by atoms with Crippen molar-refractivity contribution in [1.82, 2.24) is 14.4 Å². The number of rotatable bonds is 11. The number of carbonyl (C=O) groups excluding carboxylic acids is 2. The third kappa shape index (κ3) is 5.49. The van der Waals surface area contributed by atoms with Crippen molar-refractivity contribution in [1.29, 1.82) is 0 Å². The number of aromatic nitrogens is 1. The average Bonchev–Trinajstić information content (AvgIpc) is 3.31. The Balaban J connectivity index is 1.46. The van der Waals surface area contributed by atoms with Crippen molar-refractivity contribution >= 4 is 11.8 Å². The van der Waals surface area contributed by atoms with Crippen LogP contribution in [0.15, 0.2) is 71.5 Å². The monoisotopic (exact) mass is 433 g/mol. The Morgan fingerprint density at radius 1 is 1.06 bits per heavy atom. The van der Waals surface area contributed by atoms with Gasteiger partial charge in [-0.25, -0.2) is 0 Å². The number of carbonyl (C=O) groups is 2. The first-order chi connectivity index (χ1) is 15.7.